The molecule has 4 heterocycles. The maximum Gasteiger partial charge on any atom is 0.248 e. The zero-order valence-electron chi connectivity index (χ0n) is 56.8. The Kier molecular flexibility index (Phi) is 13.0. The maximum atomic E-state index is 2.72. The van der Waals surface area contributed by atoms with Crippen molar-refractivity contribution in [3.63, 3.8) is 0 Å². The van der Waals surface area contributed by atoms with Crippen molar-refractivity contribution in [1.29, 1.82) is 0 Å². The monoisotopic (exact) mass is 1310 g/mol. The minimum atomic E-state index is -0.132. The first-order chi connectivity index (χ1) is 51.7. The molecule has 0 fully saturated rings. The van der Waals surface area contributed by atoms with Gasteiger partial charge in [0.05, 0.1) is 0 Å². The van der Waals surface area contributed by atoms with Gasteiger partial charge < -0.3 is 9.80 Å². The Balaban J connectivity index is 0.988. The van der Waals surface area contributed by atoms with Gasteiger partial charge in [-0.2, -0.15) is 0 Å². The van der Waals surface area contributed by atoms with E-state index in [1.807, 2.05) is 0 Å². The molecule has 0 bridgehead atoms. The van der Waals surface area contributed by atoms with Crippen LogP contribution in [0.2, 0.25) is 0 Å². The van der Waals surface area contributed by atoms with Crippen LogP contribution in [-0.2, 0) is 0 Å². The van der Waals surface area contributed by atoms with Crippen molar-refractivity contribution >= 4 is 113 Å². The van der Waals surface area contributed by atoms with Crippen LogP contribution in [-0.4, -0.2) is 13.4 Å². The Labute approximate surface area is 605 Å². The summed E-state index contributed by atoms with van der Waals surface area (Å²) in [6.07, 6.45) is 0. The van der Waals surface area contributed by atoms with Gasteiger partial charge in [-0.05, 0) is 250 Å². The van der Waals surface area contributed by atoms with Crippen LogP contribution in [0, 0.1) is 0 Å². The van der Waals surface area contributed by atoms with Gasteiger partial charge in [0.25, 0.3) is 0 Å². The molecule has 0 amide bonds. The van der Waals surface area contributed by atoms with Gasteiger partial charge in [0.1, 0.15) is 0 Å². The lowest BCUT2D eigenvalue weighted by molar-refractivity contribution is 1.29. The Hall–Kier alpha value is -13.3. The van der Waals surface area contributed by atoms with Gasteiger partial charge in [-0.3, -0.25) is 0 Å². The highest BCUT2D eigenvalue weighted by molar-refractivity contribution is 7.02. The minimum absolute atomic E-state index is 0.132. The van der Waals surface area contributed by atoms with E-state index in [1.54, 1.807) is 0 Å². The second-order valence-electron chi connectivity index (χ2n) is 28.4. The molecule has 0 atom stereocenters. The molecular formula is C100H62B2N2. The molecule has 4 aliphatic rings. The molecule has 0 radical (unpaired) electrons. The largest absolute Gasteiger partial charge is 0.312 e. The van der Waals surface area contributed by atoms with E-state index in [4.69, 9.17) is 0 Å². The first-order valence-electron chi connectivity index (χ1n) is 36.4. The normalized spacial score (nSPS) is 12.7. The summed E-state index contributed by atoms with van der Waals surface area (Å²) in [5, 5.41) is 7.72. The molecule has 0 aliphatic carbocycles. The minimum Gasteiger partial charge on any atom is -0.312 e. The molecular weight excluding hydrogens is 1250 g/mol. The van der Waals surface area contributed by atoms with Crippen molar-refractivity contribution in [3.8, 4) is 111 Å². The highest BCUT2D eigenvalue weighted by atomic mass is 15.2. The number of benzene rings is 18. The second-order valence-corrected chi connectivity index (χ2v) is 28.4. The fourth-order valence-corrected chi connectivity index (χ4v) is 18.8. The van der Waals surface area contributed by atoms with Gasteiger partial charge in [0, 0.05) is 34.1 Å². The van der Waals surface area contributed by atoms with Gasteiger partial charge in [0.15, 0.2) is 0 Å². The van der Waals surface area contributed by atoms with Crippen LogP contribution in [0.1, 0.15) is 0 Å². The van der Waals surface area contributed by atoms with Gasteiger partial charge >= 0.3 is 0 Å². The molecule has 0 saturated carbocycles. The summed E-state index contributed by atoms with van der Waals surface area (Å²) in [4.78, 5) is 5.07. The Morgan fingerprint density at radius 2 is 0.462 bits per heavy atom. The summed E-state index contributed by atoms with van der Waals surface area (Å²) in [5.74, 6) is 0. The van der Waals surface area contributed by atoms with Gasteiger partial charge in [-0.1, -0.05) is 302 Å². The molecule has 0 saturated heterocycles. The van der Waals surface area contributed by atoms with E-state index in [1.165, 1.54) is 177 Å². The van der Waals surface area contributed by atoms with E-state index in [0.29, 0.717) is 0 Å². The van der Waals surface area contributed by atoms with Crippen LogP contribution < -0.4 is 42.6 Å². The average Bonchev–Trinajstić information content (AvgIpc) is 0.664. The van der Waals surface area contributed by atoms with Crippen LogP contribution in [0.4, 0.5) is 34.1 Å². The predicted octanol–water partition coefficient (Wildman–Crippen LogP) is 22.5. The first-order valence-corrected chi connectivity index (χ1v) is 36.4. The summed E-state index contributed by atoms with van der Waals surface area (Å²) in [6.45, 7) is -0.264. The van der Waals surface area contributed by atoms with Crippen LogP contribution in [0.25, 0.3) is 144 Å². The SMILES string of the molecule is c1ccc(-c2cc(-c3ccccc3)c(-c3cc4c5c(cc6c(-c7c(-c8ccccc8)cc(-c8ccccc8)cc7-c7ccccc7)cc7c8c(cc3c5c68)B3c5ccccc5N(c5ccccc5)c5cccc-7c53)B3c5ccccc5N(c5ccccc5)c5cccc-4c53)c(-c3ccccc3)c2)cc1. The molecule has 104 heavy (non-hydrogen) atoms. The molecule has 18 aromatic carbocycles. The van der Waals surface area contributed by atoms with E-state index < -0.39 is 0 Å². The van der Waals surface area contributed by atoms with Crippen molar-refractivity contribution in [2.75, 3.05) is 9.80 Å². The van der Waals surface area contributed by atoms with Crippen LogP contribution >= 0.6 is 0 Å². The third-order valence-electron chi connectivity index (χ3n) is 23.0. The third-order valence-corrected chi connectivity index (χ3v) is 23.0. The molecule has 4 heteroatoms. The highest BCUT2D eigenvalue weighted by Crippen LogP contribution is 2.56. The maximum absolute atomic E-state index is 2.72. The van der Waals surface area contributed by atoms with E-state index in [2.05, 4.69) is 386 Å². The van der Waals surface area contributed by atoms with Gasteiger partial charge in [-0.15, -0.1) is 0 Å². The zero-order chi connectivity index (χ0) is 68.1. The molecule has 478 valence electrons. The van der Waals surface area contributed by atoms with Crippen LogP contribution in [0.15, 0.2) is 376 Å². The number of rotatable bonds is 10. The Morgan fingerprint density at radius 3 is 0.798 bits per heavy atom. The Bertz CT molecular complexity index is 5990. The quantitative estimate of drug-likeness (QED) is 0.0995. The lowest BCUT2D eigenvalue weighted by Gasteiger charge is -2.42. The molecule has 4 aliphatic heterocycles. The summed E-state index contributed by atoms with van der Waals surface area (Å²) < 4.78 is 0. The van der Waals surface area contributed by atoms with Crippen molar-refractivity contribution in [2.45, 2.75) is 0 Å². The van der Waals surface area contributed by atoms with Crippen molar-refractivity contribution < 1.29 is 0 Å². The van der Waals surface area contributed by atoms with Gasteiger partial charge in [0.2, 0.25) is 13.4 Å². The predicted molar refractivity (Wildman–Crippen MR) is 443 cm³/mol. The fraction of sp³-hybridized carbons (Fsp3) is 0. The molecule has 0 spiro atoms. The van der Waals surface area contributed by atoms with Crippen molar-refractivity contribution in [1.82, 2.24) is 0 Å². The summed E-state index contributed by atoms with van der Waals surface area (Å²) in [7, 11) is 0. The van der Waals surface area contributed by atoms with E-state index in [0.717, 1.165) is 33.6 Å². The smallest absolute Gasteiger partial charge is 0.248 e. The fourth-order valence-electron chi connectivity index (χ4n) is 18.8. The average molecular weight is 1310 g/mol. The summed E-state index contributed by atoms with van der Waals surface area (Å²) >= 11 is 0. The van der Waals surface area contributed by atoms with Gasteiger partial charge in [-0.25, -0.2) is 0 Å². The molecule has 2 nitrogen and oxygen atoms in total. The lowest BCUT2D eigenvalue weighted by Crippen LogP contribution is -2.60. The van der Waals surface area contributed by atoms with E-state index >= 15 is 0 Å². The molecule has 18 aromatic rings. The number of anilines is 6. The topological polar surface area (TPSA) is 6.48 Å². The van der Waals surface area contributed by atoms with Crippen LogP contribution in [0.3, 0.4) is 0 Å². The lowest BCUT2D eigenvalue weighted by atomic mass is 9.31. The van der Waals surface area contributed by atoms with Crippen LogP contribution in [0.5, 0.6) is 0 Å². The molecule has 0 aromatic heterocycles. The van der Waals surface area contributed by atoms with E-state index in [-0.39, 0.29) is 13.4 Å². The highest BCUT2D eigenvalue weighted by Gasteiger charge is 2.46. The molecule has 0 unspecified atom stereocenters. The number of hydrogen-bond acceptors (Lipinski definition) is 2. The second kappa shape index (κ2) is 23.1. The summed E-state index contributed by atoms with van der Waals surface area (Å²) in [5.41, 5.74) is 38.9. The van der Waals surface area contributed by atoms with Crippen molar-refractivity contribution in [3.05, 3.63) is 376 Å². The first kappa shape index (κ1) is 58.5. The third kappa shape index (κ3) is 8.67. The molecule has 22 rings (SSSR count). The zero-order valence-corrected chi connectivity index (χ0v) is 56.8. The number of nitrogens with zero attached hydrogens (tertiary/aromatic N) is 2. The van der Waals surface area contributed by atoms with Crippen molar-refractivity contribution in [2.24, 2.45) is 0 Å². The van der Waals surface area contributed by atoms with E-state index in [9.17, 15) is 0 Å². The number of hydrogen-bond donors (Lipinski definition) is 0. The summed E-state index contributed by atoms with van der Waals surface area (Å²) in [6, 6.07) is 143. The number of para-hydroxylation sites is 4. The molecule has 0 N–H and O–H groups in total. The number of fused-ring (bicyclic) bond motifs is 8. The Morgan fingerprint density at radius 1 is 0.173 bits per heavy atom. The standard InChI is InChI=1S/C100H62B2N2/c1-9-31-63(32-10-1)69-55-75(65-35-13-3-14-36-65)93(76(56-69)66-37-15-4-16-38-66)81-59-79-73-47-29-53-91-99(73)102(86-50-26-28-52-90(86)103(91)71-43-21-7-22-44-71)88-62-84-82(94-77(67-39-17-5-18-40-67)57-70(64-33-11-2-12-34-64)58-78(94)68-41-19-6-20-42-68)60-80-74-48-30-54-92-100(74)101(87-61-83(81)97(95(79)88)98(84)96(80)87)85-49-25-27-51-89(85)104(92)72-45-23-8-24-46-72/h1-62H.